The minimum atomic E-state index is -0.0559. The Morgan fingerprint density at radius 2 is 1.87 bits per heavy atom. The maximum atomic E-state index is 6.34. The summed E-state index contributed by atoms with van der Waals surface area (Å²) in [6.45, 7) is 7.55. The summed E-state index contributed by atoms with van der Waals surface area (Å²) >= 11 is 0. The van der Waals surface area contributed by atoms with Gasteiger partial charge in [0.25, 0.3) is 0 Å². The average molecular weight is 212 g/mol. The lowest BCUT2D eigenvalue weighted by molar-refractivity contribution is -0.193. The summed E-state index contributed by atoms with van der Waals surface area (Å²) in [7, 11) is 0. The van der Waals surface area contributed by atoms with Crippen molar-refractivity contribution in [2.24, 2.45) is 5.73 Å². The summed E-state index contributed by atoms with van der Waals surface area (Å²) in [6, 6.07) is 0.820. The van der Waals surface area contributed by atoms with Gasteiger partial charge in [0.2, 0.25) is 0 Å². The fourth-order valence-corrected chi connectivity index (χ4v) is 2.71. The van der Waals surface area contributed by atoms with E-state index in [1.165, 1.54) is 0 Å². The fraction of sp³-hybridized carbons (Fsp3) is 1.00. The van der Waals surface area contributed by atoms with Crippen LogP contribution in [0.25, 0.3) is 0 Å². The third-order valence-corrected chi connectivity index (χ3v) is 4.19. The van der Waals surface area contributed by atoms with Crippen molar-refractivity contribution in [3.63, 3.8) is 0 Å². The summed E-state index contributed by atoms with van der Waals surface area (Å²) in [6.07, 6.45) is 4.42. The number of morpholine rings is 1. The number of ether oxygens (including phenoxy) is 1. The van der Waals surface area contributed by atoms with Crippen molar-refractivity contribution in [3.8, 4) is 0 Å². The van der Waals surface area contributed by atoms with Gasteiger partial charge in [0.05, 0.1) is 11.2 Å². The number of nitrogens with two attached hydrogens (primary N) is 1. The summed E-state index contributed by atoms with van der Waals surface area (Å²) in [5.74, 6) is 0. The molecule has 2 fully saturated rings. The molecule has 1 unspecified atom stereocenters. The van der Waals surface area contributed by atoms with Gasteiger partial charge in [-0.05, 0) is 46.5 Å². The van der Waals surface area contributed by atoms with Gasteiger partial charge in [-0.1, -0.05) is 0 Å². The van der Waals surface area contributed by atoms with Crippen molar-refractivity contribution in [1.29, 1.82) is 0 Å². The highest BCUT2D eigenvalue weighted by molar-refractivity contribution is 4.99. The number of rotatable bonds is 0. The van der Waals surface area contributed by atoms with Crippen LogP contribution in [0.2, 0.25) is 0 Å². The summed E-state index contributed by atoms with van der Waals surface area (Å²) < 4.78 is 6.34. The van der Waals surface area contributed by atoms with Crippen molar-refractivity contribution in [3.05, 3.63) is 0 Å². The highest BCUT2D eigenvalue weighted by Crippen LogP contribution is 2.38. The fourth-order valence-electron chi connectivity index (χ4n) is 2.71. The monoisotopic (exact) mass is 212 g/mol. The second kappa shape index (κ2) is 3.72. The van der Waals surface area contributed by atoms with Crippen LogP contribution in [-0.2, 0) is 4.74 Å². The van der Waals surface area contributed by atoms with E-state index in [1.807, 2.05) is 0 Å². The largest absolute Gasteiger partial charge is 0.366 e. The Morgan fingerprint density at radius 1 is 1.27 bits per heavy atom. The zero-order valence-electron chi connectivity index (χ0n) is 10.2. The maximum absolute atomic E-state index is 6.34. The number of nitrogens with one attached hydrogen (secondary N) is 1. The zero-order valence-corrected chi connectivity index (χ0v) is 10.2. The van der Waals surface area contributed by atoms with E-state index in [4.69, 9.17) is 10.5 Å². The molecule has 1 spiro atoms. The molecule has 2 rings (SSSR count). The average Bonchev–Trinajstić information content (AvgIpc) is 2.17. The molecule has 1 saturated carbocycles. The first-order valence-corrected chi connectivity index (χ1v) is 6.13. The van der Waals surface area contributed by atoms with Gasteiger partial charge in [-0.15, -0.1) is 0 Å². The molecular formula is C12H24N2O. The number of hydrogen-bond acceptors (Lipinski definition) is 3. The Kier molecular flexibility index (Phi) is 2.82. The molecule has 88 valence electrons. The smallest absolute Gasteiger partial charge is 0.0815 e. The van der Waals surface area contributed by atoms with E-state index < -0.39 is 0 Å². The molecule has 3 heteroatoms. The SMILES string of the molecule is CC1NCC2(CCC(N)CC2)OC1(C)C. The first kappa shape index (κ1) is 11.4. The van der Waals surface area contributed by atoms with E-state index in [0.29, 0.717) is 12.1 Å². The molecular weight excluding hydrogens is 188 g/mol. The van der Waals surface area contributed by atoms with Crippen LogP contribution in [-0.4, -0.2) is 29.8 Å². The first-order valence-electron chi connectivity index (χ1n) is 6.13. The Morgan fingerprint density at radius 3 is 2.40 bits per heavy atom. The number of hydrogen-bond donors (Lipinski definition) is 2. The molecule has 0 aromatic carbocycles. The van der Waals surface area contributed by atoms with Crippen LogP contribution in [0.15, 0.2) is 0 Å². The van der Waals surface area contributed by atoms with Crippen molar-refractivity contribution in [2.45, 2.75) is 69.7 Å². The van der Waals surface area contributed by atoms with Crippen molar-refractivity contribution in [2.75, 3.05) is 6.54 Å². The molecule has 1 aliphatic carbocycles. The molecule has 0 aromatic rings. The minimum Gasteiger partial charge on any atom is -0.366 e. The molecule has 3 N–H and O–H groups in total. The van der Waals surface area contributed by atoms with Gasteiger partial charge >= 0.3 is 0 Å². The second-order valence-electron chi connectivity index (χ2n) is 5.83. The first-order chi connectivity index (χ1) is 6.94. The Labute approximate surface area is 92.7 Å². The van der Waals surface area contributed by atoms with E-state index in [0.717, 1.165) is 32.2 Å². The highest BCUT2D eigenvalue weighted by Gasteiger charge is 2.45. The minimum absolute atomic E-state index is 0.0559. The van der Waals surface area contributed by atoms with E-state index in [1.54, 1.807) is 0 Å². The third-order valence-electron chi connectivity index (χ3n) is 4.19. The Bertz CT molecular complexity index is 226. The molecule has 15 heavy (non-hydrogen) atoms. The van der Waals surface area contributed by atoms with Gasteiger partial charge in [0, 0.05) is 18.6 Å². The predicted molar refractivity (Wildman–Crippen MR) is 61.8 cm³/mol. The molecule has 1 saturated heterocycles. The van der Waals surface area contributed by atoms with Gasteiger partial charge < -0.3 is 15.8 Å². The summed E-state index contributed by atoms with van der Waals surface area (Å²) in [4.78, 5) is 0. The second-order valence-corrected chi connectivity index (χ2v) is 5.83. The van der Waals surface area contributed by atoms with Crippen LogP contribution < -0.4 is 11.1 Å². The lowest BCUT2D eigenvalue weighted by atomic mass is 9.79. The van der Waals surface area contributed by atoms with Gasteiger partial charge in [-0.25, -0.2) is 0 Å². The lowest BCUT2D eigenvalue weighted by Crippen LogP contribution is -2.63. The maximum Gasteiger partial charge on any atom is 0.0815 e. The molecule has 1 heterocycles. The van der Waals surface area contributed by atoms with Crippen LogP contribution in [0.5, 0.6) is 0 Å². The van der Waals surface area contributed by atoms with Gasteiger partial charge in [-0.2, -0.15) is 0 Å². The van der Waals surface area contributed by atoms with Gasteiger partial charge in [0.15, 0.2) is 0 Å². The molecule has 0 aromatic heterocycles. The molecule has 3 nitrogen and oxygen atoms in total. The van der Waals surface area contributed by atoms with E-state index >= 15 is 0 Å². The predicted octanol–water partition coefficient (Wildman–Crippen LogP) is 1.41. The normalized spacial score (nSPS) is 45.6. The van der Waals surface area contributed by atoms with E-state index in [-0.39, 0.29) is 11.2 Å². The molecule has 2 aliphatic rings. The molecule has 0 amide bonds. The van der Waals surface area contributed by atoms with Crippen LogP contribution in [0.4, 0.5) is 0 Å². The van der Waals surface area contributed by atoms with Crippen LogP contribution in [0.3, 0.4) is 0 Å². The quantitative estimate of drug-likeness (QED) is 0.638. The van der Waals surface area contributed by atoms with Crippen molar-refractivity contribution >= 4 is 0 Å². The Hall–Kier alpha value is -0.120. The summed E-state index contributed by atoms with van der Waals surface area (Å²) in [5, 5.41) is 3.58. The lowest BCUT2D eigenvalue weighted by Gasteiger charge is -2.51. The van der Waals surface area contributed by atoms with E-state index in [9.17, 15) is 0 Å². The molecule has 1 atom stereocenters. The van der Waals surface area contributed by atoms with Crippen LogP contribution in [0, 0.1) is 0 Å². The van der Waals surface area contributed by atoms with Crippen LogP contribution >= 0.6 is 0 Å². The zero-order chi connectivity index (χ0) is 11.1. The highest BCUT2D eigenvalue weighted by atomic mass is 16.5. The van der Waals surface area contributed by atoms with Gasteiger partial charge in [0.1, 0.15) is 0 Å². The standard InChI is InChI=1S/C12H24N2O/c1-9-11(2,3)15-12(8-14-9)6-4-10(13)5-7-12/h9-10,14H,4-8,13H2,1-3H3. The van der Waals surface area contributed by atoms with Crippen molar-refractivity contribution < 1.29 is 4.74 Å². The van der Waals surface area contributed by atoms with E-state index in [2.05, 4.69) is 26.1 Å². The Balaban J connectivity index is 2.05. The molecule has 1 aliphatic heterocycles. The summed E-state index contributed by atoms with van der Waals surface area (Å²) in [5.41, 5.74) is 5.95. The van der Waals surface area contributed by atoms with Crippen molar-refractivity contribution in [1.82, 2.24) is 5.32 Å². The van der Waals surface area contributed by atoms with Gasteiger partial charge in [-0.3, -0.25) is 0 Å². The van der Waals surface area contributed by atoms with Crippen LogP contribution in [0.1, 0.15) is 46.5 Å². The molecule has 0 bridgehead atoms. The molecule has 0 radical (unpaired) electrons. The topological polar surface area (TPSA) is 47.3 Å². The third kappa shape index (κ3) is 2.19.